The first-order chi connectivity index (χ1) is 8.24. The maximum Gasteiger partial charge on any atom is 0.280 e. The molecule has 0 saturated carbocycles. The van der Waals surface area contributed by atoms with Crippen LogP contribution in [0.3, 0.4) is 0 Å². The summed E-state index contributed by atoms with van der Waals surface area (Å²) in [6.07, 6.45) is 0. The monoisotopic (exact) mass is 269 g/mol. The lowest BCUT2D eigenvalue weighted by atomic mass is 10.2. The molecule has 0 spiro atoms. The number of halogens is 1. The van der Waals surface area contributed by atoms with Gasteiger partial charge in [-0.05, 0) is 5.56 Å². The van der Waals surface area contributed by atoms with Crippen LogP contribution >= 0.6 is 23.1 Å². The van der Waals surface area contributed by atoms with Crippen LogP contribution in [0.2, 0.25) is 5.02 Å². The molecule has 2 aromatic rings. The highest BCUT2D eigenvalue weighted by Crippen LogP contribution is 2.29. The van der Waals surface area contributed by atoms with Crippen molar-refractivity contribution in [3.63, 3.8) is 0 Å². The Balaban J connectivity index is 2.40. The van der Waals surface area contributed by atoms with Crippen LogP contribution in [0.15, 0.2) is 35.1 Å². The number of methoxy groups -OCH3 is 1. The van der Waals surface area contributed by atoms with E-state index in [-0.39, 0.29) is 10.6 Å². The van der Waals surface area contributed by atoms with E-state index in [1.807, 2.05) is 30.3 Å². The number of aromatic nitrogens is 1. The molecule has 2 rings (SSSR count). The van der Waals surface area contributed by atoms with Crippen LogP contribution < -0.4 is 5.56 Å². The molecule has 5 heteroatoms. The first-order valence-corrected chi connectivity index (χ1v) is 6.33. The van der Waals surface area contributed by atoms with Crippen LogP contribution in [0.4, 0.5) is 0 Å². The molecule has 0 aliphatic heterocycles. The molecule has 0 aliphatic carbocycles. The lowest BCUT2D eigenvalue weighted by molar-refractivity contribution is 0.189. The largest absolute Gasteiger partial charge is 0.383 e. The highest BCUT2D eigenvalue weighted by molar-refractivity contribution is 7.11. The predicted octanol–water partition coefficient (Wildman–Crippen LogP) is 2.88. The third kappa shape index (κ3) is 2.60. The second kappa shape index (κ2) is 5.49. The molecule has 90 valence electrons. The van der Waals surface area contributed by atoms with E-state index in [0.717, 1.165) is 10.4 Å². The molecule has 0 atom stereocenters. The fourth-order valence-corrected chi connectivity index (χ4v) is 2.82. The normalized spacial score (nSPS) is 10.7. The fraction of sp³-hybridized carbons (Fsp3) is 0.250. The Morgan fingerprint density at radius 2 is 2.06 bits per heavy atom. The summed E-state index contributed by atoms with van der Waals surface area (Å²) in [5.74, 6) is 0. The Labute approximate surface area is 108 Å². The van der Waals surface area contributed by atoms with Crippen molar-refractivity contribution in [2.45, 2.75) is 6.54 Å². The second-order valence-electron chi connectivity index (χ2n) is 3.50. The molecule has 1 aromatic carbocycles. The molecule has 0 amide bonds. The number of hydrogen-bond donors (Lipinski definition) is 0. The van der Waals surface area contributed by atoms with Crippen molar-refractivity contribution in [2.24, 2.45) is 0 Å². The highest BCUT2D eigenvalue weighted by Gasteiger charge is 2.14. The molecule has 1 aromatic heterocycles. The topological polar surface area (TPSA) is 31.2 Å². The fourth-order valence-electron chi connectivity index (χ4n) is 1.49. The summed E-state index contributed by atoms with van der Waals surface area (Å²) >= 11 is 7.44. The zero-order valence-corrected chi connectivity index (χ0v) is 10.9. The molecule has 1 heterocycles. The Hall–Kier alpha value is -1.10. The van der Waals surface area contributed by atoms with Crippen molar-refractivity contribution in [3.8, 4) is 10.4 Å². The van der Waals surface area contributed by atoms with Gasteiger partial charge in [0.05, 0.1) is 18.0 Å². The average molecular weight is 270 g/mol. The molecular weight excluding hydrogens is 258 g/mol. The van der Waals surface area contributed by atoms with Crippen LogP contribution in [0, 0.1) is 0 Å². The quantitative estimate of drug-likeness (QED) is 0.855. The van der Waals surface area contributed by atoms with Gasteiger partial charge in [0.1, 0.15) is 5.02 Å². The van der Waals surface area contributed by atoms with Gasteiger partial charge in [0.2, 0.25) is 0 Å². The zero-order chi connectivity index (χ0) is 12.3. The van der Waals surface area contributed by atoms with Crippen LogP contribution in [0.5, 0.6) is 0 Å². The summed E-state index contributed by atoms with van der Waals surface area (Å²) in [5.41, 5.74) is 0.823. The first-order valence-electron chi connectivity index (χ1n) is 5.18. The third-order valence-electron chi connectivity index (χ3n) is 2.35. The minimum atomic E-state index is -0.146. The second-order valence-corrected chi connectivity index (χ2v) is 4.91. The van der Waals surface area contributed by atoms with Gasteiger partial charge in [-0.1, -0.05) is 53.5 Å². The number of hydrogen-bond acceptors (Lipinski definition) is 3. The zero-order valence-electron chi connectivity index (χ0n) is 9.35. The van der Waals surface area contributed by atoms with E-state index in [2.05, 4.69) is 0 Å². The van der Waals surface area contributed by atoms with Gasteiger partial charge in [-0.15, -0.1) is 0 Å². The molecule has 0 bridgehead atoms. The smallest absolute Gasteiger partial charge is 0.280 e. The van der Waals surface area contributed by atoms with Gasteiger partial charge in [-0.2, -0.15) is 0 Å². The summed E-state index contributed by atoms with van der Waals surface area (Å²) in [6, 6.07) is 9.67. The van der Waals surface area contributed by atoms with E-state index in [1.165, 1.54) is 11.5 Å². The van der Waals surface area contributed by atoms with E-state index < -0.39 is 0 Å². The standard InChI is InChI=1S/C12H12ClNO2S/c1-16-8-7-14-12(15)10(13)11(17-14)9-5-3-2-4-6-9/h2-6H,7-8H2,1H3. The Kier molecular flexibility index (Phi) is 3.99. The van der Waals surface area contributed by atoms with E-state index in [4.69, 9.17) is 16.3 Å². The highest BCUT2D eigenvalue weighted by atomic mass is 35.5. The van der Waals surface area contributed by atoms with Gasteiger partial charge < -0.3 is 4.74 Å². The van der Waals surface area contributed by atoms with Crippen LogP contribution in [-0.2, 0) is 11.3 Å². The number of rotatable bonds is 4. The summed E-state index contributed by atoms with van der Waals surface area (Å²) in [7, 11) is 1.61. The van der Waals surface area contributed by atoms with Gasteiger partial charge in [-0.25, -0.2) is 0 Å². The van der Waals surface area contributed by atoms with Crippen LogP contribution in [-0.4, -0.2) is 17.7 Å². The van der Waals surface area contributed by atoms with E-state index in [1.54, 1.807) is 11.1 Å². The molecule has 17 heavy (non-hydrogen) atoms. The molecule has 0 radical (unpaired) electrons. The Morgan fingerprint density at radius 1 is 1.35 bits per heavy atom. The number of benzene rings is 1. The van der Waals surface area contributed by atoms with E-state index >= 15 is 0 Å². The van der Waals surface area contributed by atoms with Crippen molar-refractivity contribution >= 4 is 23.1 Å². The van der Waals surface area contributed by atoms with Gasteiger partial charge in [0, 0.05) is 7.11 Å². The minimum absolute atomic E-state index is 0.146. The van der Waals surface area contributed by atoms with Crippen molar-refractivity contribution in [3.05, 3.63) is 45.7 Å². The van der Waals surface area contributed by atoms with E-state index in [9.17, 15) is 4.79 Å². The summed E-state index contributed by atoms with van der Waals surface area (Å²) in [4.78, 5) is 12.7. The van der Waals surface area contributed by atoms with Gasteiger partial charge in [0.25, 0.3) is 5.56 Å². The van der Waals surface area contributed by atoms with Crippen molar-refractivity contribution < 1.29 is 4.74 Å². The maximum absolute atomic E-state index is 11.9. The van der Waals surface area contributed by atoms with Crippen molar-refractivity contribution in [1.82, 2.24) is 3.96 Å². The number of nitrogens with zero attached hydrogens (tertiary/aromatic N) is 1. The maximum atomic E-state index is 11.9. The summed E-state index contributed by atoms with van der Waals surface area (Å²) < 4.78 is 6.58. The van der Waals surface area contributed by atoms with Crippen LogP contribution in [0.25, 0.3) is 10.4 Å². The molecule has 3 nitrogen and oxygen atoms in total. The molecule has 0 aliphatic rings. The minimum Gasteiger partial charge on any atom is -0.383 e. The molecule has 0 N–H and O–H groups in total. The molecule has 0 saturated heterocycles. The summed E-state index contributed by atoms with van der Waals surface area (Å²) in [5, 5.41) is 0.289. The lowest BCUT2D eigenvalue weighted by Gasteiger charge is -1.98. The summed E-state index contributed by atoms with van der Waals surface area (Å²) in [6.45, 7) is 1.04. The first kappa shape index (κ1) is 12.4. The molecule has 0 unspecified atom stereocenters. The van der Waals surface area contributed by atoms with Crippen LogP contribution in [0.1, 0.15) is 0 Å². The van der Waals surface area contributed by atoms with Crippen molar-refractivity contribution in [2.75, 3.05) is 13.7 Å². The predicted molar refractivity (Wildman–Crippen MR) is 70.9 cm³/mol. The lowest BCUT2D eigenvalue weighted by Crippen LogP contribution is -2.15. The Morgan fingerprint density at radius 3 is 2.71 bits per heavy atom. The third-order valence-corrected chi connectivity index (χ3v) is 4.00. The van der Waals surface area contributed by atoms with Gasteiger partial charge in [0.15, 0.2) is 0 Å². The number of ether oxygens (including phenoxy) is 1. The molecule has 0 fully saturated rings. The van der Waals surface area contributed by atoms with Gasteiger partial charge >= 0.3 is 0 Å². The van der Waals surface area contributed by atoms with E-state index in [0.29, 0.717) is 13.2 Å². The molecular formula is C12H12ClNO2S. The van der Waals surface area contributed by atoms with Gasteiger partial charge in [-0.3, -0.25) is 8.75 Å². The SMILES string of the molecule is COCCn1sc(-c2ccccc2)c(Cl)c1=O. The Bertz CT molecular complexity index is 547. The van der Waals surface area contributed by atoms with Crippen molar-refractivity contribution in [1.29, 1.82) is 0 Å². The average Bonchev–Trinajstić information content (AvgIpc) is 2.65.